The molecule has 0 saturated carbocycles. The normalized spacial score (nSPS) is 15.5. The van der Waals surface area contributed by atoms with E-state index in [1.54, 1.807) is 0 Å². The first-order valence-electron chi connectivity index (χ1n) is 9.08. The SMILES string of the molecule is CCN=C/C=C1\CN=C(c2cccc(CNC)c2-c2ccccc2C)N1. The summed E-state index contributed by atoms with van der Waals surface area (Å²) < 4.78 is 0. The number of hydrogen-bond donors (Lipinski definition) is 2. The van der Waals surface area contributed by atoms with Crippen LogP contribution in [0.25, 0.3) is 11.1 Å². The van der Waals surface area contributed by atoms with Crippen LogP contribution in [0.4, 0.5) is 0 Å². The molecule has 0 fully saturated rings. The molecular formula is C22H26N4. The molecule has 2 aromatic rings. The second-order valence-corrected chi connectivity index (χ2v) is 6.31. The monoisotopic (exact) mass is 346 g/mol. The van der Waals surface area contributed by atoms with E-state index in [0.717, 1.165) is 30.2 Å². The number of amidine groups is 1. The molecule has 2 aromatic carbocycles. The standard InChI is InChI=1S/C22H26N4/c1-4-24-13-12-18-15-25-22(26-18)20-11-7-9-17(14-23-3)21(20)19-10-6-5-8-16(19)2/h5-13,23H,4,14-15H2,1-3H3,(H,25,26)/b18-12+,24-13?. The number of allylic oxidation sites excluding steroid dienone is 1. The third kappa shape index (κ3) is 3.92. The van der Waals surface area contributed by atoms with Gasteiger partial charge in [-0.15, -0.1) is 0 Å². The average molecular weight is 346 g/mol. The van der Waals surface area contributed by atoms with Crippen LogP contribution in [0.3, 0.4) is 0 Å². The predicted octanol–water partition coefficient (Wildman–Crippen LogP) is 3.71. The van der Waals surface area contributed by atoms with Crippen molar-refractivity contribution in [3.05, 3.63) is 70.9 Å². The number of rotatable bonds is 6. The van der Waals surface area contributed by atoms with E-state index in [4.69, 9.17) is 4.99 Å². The fraction of sp³-hybridized carbons (Fsp3) is 0.273. The molecule has 0 aliphatic carbocycles. The molecule has 0 saturated heterocycles. The van der Waals surface area contributed by atoms with Crippen molar-refractivity contribution in [2.75, 3.05) is 20.1 Å². The predicted molar refractivity (Wildman–Crippen MR) is 111 cm³/mol. The Hall–Kier alpha value is -2.72. The lowest BCUT2D eigenvalue weighted by Crippen LogP contribution is -2.20. The van der Waals surface area contributed by atoms with Crippen molar-refractivity contribution in [3.8, 4) is 11.1 Å². The quantitative estimate of drug-likeness (QED) is 0.784. The minimum absolute atomic E-state index is 0.661. The van der Waals surface area contributed by atoms with E-state index >= 15 is 0 Å². The first kappa shape index (κ1) is 18.1. The molecule has 1 aliphatic heterocycles. The highest BCUT2D eigenvalue weighted by molar-refractivity contribution is 6.07. The van der Waals surface area contributed by atoms with E-state index in [-0.39, 0.29) is 0 Å². The zero-order chi connectivity index (χ0) is 18.4. The lowest BCUT2D eigenvalue weighted by atomic mass is 9.91. The zero-order valence-corrected chi connectivity index (χ0v) is 15.7. The van der Waals surface area contributed by atoms with Gasteiger partial charge in [-0.2, -0.15) is 0 Å². The molecule has 0 amide bonds. The van der Waals surface area contributed by atoms with Gasteiger partial charge in [0, 0.05) is 30.6 Å². The molecule has 134 valence electrons. The van der Waals surface area contributed by atoms with Crippen molar-refractivity contribution in [2.45, 2.75) is 20.4 Å². The van der Waals surface area contributed by atoms with Crippen LogP contribution in [-0.2, 0) is 6.54 Å². The molecule has 0 atom stereocenters. The summed E-state index contributed by atoms with van der Waals surface area (Å²) in [4.78, 5) is 8.99. The largest absolute Gasteiger partial charge is 0.342 e. The van der Waals surface area contributed by atoms with E-state index in [2.05, 4.69) is 65.0 Å². The lowest BCUT2D eigenvalue weighted by Gasteiger charge is -2.17. The van der Waals surface area contributed by atoms with E-state index in [1.807, 2.05) is 26.3 Å². The van der Waals surface area contributed by atoms with Gasteiger partial charge in [0.05, 0.1) is 6.54 Å². The molecular weight excluding hydrogens is 320 g/mol. The molecule has 0 unspecified atom stereocenters. The summed E-state index contributed by atoms with van der Waals surface area (Å²) in [5, 5.41) is 6.75. The van der Waals surface area contributed by atoms with Crippen LogP contribution < -0.4 is 10.6 Å². The van der Waals surface area contributed by atoms with Crippen LogP contribution in [0, 0.1) is 6.92 Å². The van der Waals surface area contributed by atoms with Crippen LogP contribution in [-0.4, -0.2) is 32.2 Å². The first-order chi connectivity index (χ1) is 12.7. The van der Waals surface area contributed by atoms with Crippen LogP contribution in [0.2, 0.25) is 0 Å². The summed E-state index contributed by atoms with van der Waals surface area (Å²) in [6.45, 7) is 6.46. The van der Waals surface area contributed by atoms with Crippen molar-refractivity contribution >= 4 is 12.1 Å². The average Bonchev–Trinajstić information content (AvgIpc) is 3.12. The van der Waals surface area contributed by atoms with Gasteiger partial charge in [-0.3, -0.25) is 9.98 Å². The molecule has 0 radical (unpaired) electrons. The van der Waals surface area contributed by atoms with Gasteiger partial charge in [0.1, 0.15) is 5.84 Å². The molecule has 0 bridgehead atoms. The summed E-state index contributed by atoms with van der Waals surface area (Å²) in [7, 11) is 1.98. The maximum Gasteiger partial charge on any atom is 0.133 e. The summed E-state index contributed by atoms with van der Waals surface area (Å²) in [6, 6.07) is 15.0. The topological polar surface area (TPSA) is 48.8 Å². The fourth-order valence-corrected chi connectivity index (χ4v) is 3.20. The molecule has 3 rings (SSSR count). The Morgan fingerprint density at radius 2 is 1.96 bits per heavy atom. The summed E-state index contributed by atoms with van der Waals surface area (Å²) >= 11 is 0. The second-order valence-electron chi connectivity index (χ2n) is 6.31. The molecule has 2 N–H and O–H groups in total. The Bertz CT molecular complexity index is 862. The number of aryl methyl sites for hydroxylation is 1. The van der Waals surface area contributed by atoms with Gasteiger partial charge < -0.3 is 10.6 Å². The van der Waals surface area contributed by atoms with Crippen molar-refractivity contribution < 1.29 is 0 Å². The third-order valence-electron chi connectivity index (χ3n) is 4.44. The molecule has 26 heavy (non-hydrogen) atoms. The van der Waals surface area contributed by atoms with Crippen LogP contribution >= 0.6 is 0 Å². The molecule has 1 heterocycles. The number of nitrogens with zero attached hydrogens (tertiary/aromatic N) is 2. The molecule has 0 aromatic heterocycles. The van der Waals surface area contributed by atoms with E-state index in [1.165, 1.54) is 22.3 Å². The molecule has 4 nitrogen and oxygen atoms in total. The minimum atomic E-state index is 0.661. The van der Waals surface area contributed by atoms with Gasteiger partial charge >= 0.3 is 0 Å². The Morgan fingerprint density at radius 3 is 2.73 bits per heavy atom. The maximum atomic E-state index is 4.74. The van der Waals surface area contributed by atoms with Gasteiger partial charge in [0.15, 0.2) is 0 Å². The third-order valence-corrected chi connectivity index (χ3v) is 4.44. The minimum Gasteiger partial charge on any atom is -0.342 e. The highest BCUT2D eigenvalue weighted by Gasteiger charge is 2.19. The number of aliphatic imine (C=N–C) groups is 2. The van der Waals surface area contributed by atoms with Crippen molar-refractivity contribution in [2.24, 2.45) is 9.98 Å². The Kier molecular flexibility index (Phi) is 5.97. The number of benzene rings is 2. The highest BCUT2D eigenvalue weighted by Crippen LogP contribution is 2.31. The molecule has 4 heteroatoms. The molecule has 1 aliphatic rings. The van der Waals surface area contributed by atoms with Crippen molar-refractivity contribution in [3.63, 3.8) is 0 Å². The van der Waals surface area contributed by atoms with Gasteiger partial charge in [0.2, 0.25) is 0 Å². The Balaban J connectivity index is 2.03. The van der Waals surface area contributed by atoms with Gasteiger partial charge in [-0.25, -0.2) is 0 Å². The lowest BCUT2D eigenvalue weighted by molar-refractivity contribution is 0.819. The summed E-state index contributed by atoms with van der Waals surface area (Å²) in [5.41, 5.74) is 7.25. The Morgan fingerprint density at radius 1 is 1.15 bits per heavy atom. The van der Waals surface area contributed by atoms with Crippen molar-refractivity contribution in [1.29, 1.82) is 0 Å². The van der Waals surface area contributed by atoms with Gasteiger partial charge in [-0.1, -0.05) is 42.5 Å². The van der Waals surface area contributed by atoms with Gasteiger partial charge in [0.25, 0.3) is 0 Å². The summed E-state index contributed by atoms with van der Waals surface area (Å²) in [5.74, 6) is 0.928. The van der Waals surface area contributed by atoms with E-state index < -0.39 is 0 Å². The highest BCUT2D eigenvalue weighted by atomic mass is 15.1. The van der Waals surface area contributed by atoms with E-state index in [9.17, 15) is 0 Å². The van der Waals surface area contributed by atoms with E-state index in [0.29, 0.717) is 6.54 Å². The smallest absolute Gasteiger partial charge is 0.133 e. The molecule has 0 spiro atoms. The van der Waals surface area contributed by atoms with Crippen LogP contribution in [0.15, 0.2) is 64.2 Å². The van der Waals surface area contributed by atoms with Crippen LogP contribution in [0.5, 0.6) is 0 Å². The van der Waals surface area contributed by atoms with Gasteiger partial charge in [-0.05, 0) is 49.2 Å². The van der Waals surface area contributed by atoms with Crippen LogP contribution in [0.1, 0.15) is 23.6 Å². The second kappa shape index (κ2) is 8.59. The van der Waals surface area contributed by atoms with Crippen molar-refractivity contribution in [1.82, 2.24) is 10.6 Å². The number of hydrogen-bond acceptors (Lipinski definition) is 4. The number of nitrogens with one attached hydrogen (secondary N) is 2. The fourth-order valence-electron chi connectivity index (χ4n) is 3.20. The Labute approximate surface area is 155 Å². The summed E-state index contributed by atoms with van der Waals surface area (Å²) in [6.07, 6.45) is 3.85. The zero-order valence-electron chi connectivity index (χ0n) is 15.7. The first-order valence-corrected chi connectivity index (χ1v) is 9.08. The maximum absolute atomic E-state index is 4.74.